The number of phenols is 1. The van der Waals surface area contributed by atoms with Crippen LogP contribution in [-0.2, 0) is 26.2 Å². The van der Waals surface area contributed by atoms with Gasteiger partial charge in [-0.1, -0.05) is 18.2 Å². The highest BCUT2D eigenvalue weighted by molar-refractivity contribution is 5.73. The second-order valence-corrected chi connectivity index (χ2v) is 9.09. The normalized spacial score (nSPS) is 40.8. The van der Waals surface area contributed by atoms with Crippen LogP contribution in [0.15, 0.2) is 24.3 Å². The molecule has 1 spiro atoms. The van der Waals surface area contributed by atoms with E-state index in [1.54, 1.807) is 6.07 Å². The van der Waals surface area contributed by atoms with Gasteiger partial charge in [-0.15, -0.1) is 0 Å². The van der Waals surface area contributed by atoms with Crippen LogP contribution in [-0.4, -0.2) is 92.9 Å². The molecule has 174 valence electrons. The van der Waals surface area contributed by atoms with Crippen molar-refractivity contribution >= 4 is 5.97 Å². The predicted octanol–water partition coefficient (Wildman–Crippen LogP) is -0.536. The Kier molecular flexibility index (Phi) is 5.19. The van der Waals surface area contributed by atoms with Crippen molar-refractivity contribution in [2.75, 3.05) is 13.6 Å². The highest BCUT2D eigenvalue weighted by atomic mass is 16.7. The molecular weight excluding hydrogens is 422 g/mol. The van der Waals surface area contributed by atoms with Gasteiger partial charge < -0.3 is 44.6 Å². The maximum atomic E-state index is 11.3. The molecule has 3 aliphatic heterocycles. The van der Waals surface area contributed by atoms with Gasteiger partial charge in [-0.25, -0.2) is 4.79 Å². The summed E-state index contributed by atoms with van der Waals surface area (Å²) >= 11 is 0. The number of carboxylic acids is 1. The average Bonchev–Trinajstić information content (AvgIpc) is 3.02. The predicted molar refractivity (Wildman–Crippen MR) is 108 cm³/mol. The van der Waals surface area contributed by atoms with Crippen LogP contribution in [0.2, 0.25) is 0 Å². The SMILES string of the molecule is CN1CC[C@@]23C=C[C@H](O[C@@H]4O[C@H](C(=O)O)[C@@H](O)[C@H](O)[C@H]4O)C[C@@H]2Oc2c(O)ccc(c23)C1. The number of hydrogen-bond donors (Lipinski definition) is 5. The zero-order valence-corrected chi connectivity index (χ0v) is 17.5. The first-order valence-electron chi connectivity index (χ1n) is 10.7. The number of benzene rings is 1. The lowest BCUT2D eigenvalue weighted by molar-refractivity contribution is -0.302. The van der Waals surface area contributed by atoms with Crippen LogP contribution in [0.25, 0.3) is 0 Å². The molecule has 0 saturated carbocycles. The van der Waals surface area contributed by atoms with Crippen LogP contribution in [0.5, 0.6) is 11.5 Å². The highest BCUT2D eigenvalue weighted by Crippen LogP contribution is 2.55. The van der Waals surface area contributed by atoms with Crippen molar-refractivity contribution in [3.05, 3.63) is 35.4 Å². The van der Waals surface area contributed by atoms with Gasteiger partial charge in [0.2, 0.25) is 0 Å². The van der Waals surface area contributed by atoms with Crippen molar-refractivity contribution in [2.45, 2.75) is 67.7 Å². The largest absolute Gasteiger partial charge is 0.504 e. The first kappa shape index (κ1) is 21.6. The summed E-state index contributed by atoms with van der Waals surface area (Å²) in [4.78, 5) is 13.6. The minimum absolute atomic E-state index is 0.0837. The van der Waals surface area contributed by atoms with Crippen LogP contribution in [0.4, 0.5) is 0 Å². The van der Waals surface area contributed by atoms with Crippen LogP contribution in [0.1, 0.15) is 24.0 Å². The number of carboxylic acid groups (broad SMARTS) is 1. The molecule has 1 saturated heterocycles. The Balaban J connectivity index is 1.41. The summed E-state index contributed by atoms with van der Waals surface area (Å²) in [5.41, 5.74) is 1.65. The number of carbonyl (C=O) groups is 1. The third kappa shape index (κ3) is 3.21. The monoisotopic (exact) mass is 449 g/mol. The lowest BCUT2D eigenvalue weighted by atomic mass is 9.69. The highest BCUT2D eigenvalue weighted by Gasteiger charge is 2.54. The van der Waals surface area contributed by atoms with Crippen LogP contribution < -0.4 is 4.74 Å². The Morgan fingerprint density at radius 1 is 1.22 bits per heavy atom. The van der Waals surface area contributed by atoms with E-state index < -0.39 is 48.2 Å². The summed E-state index contributed by atoms with van der Waals surface area (Å²) in [5.74, 6) is -0.901. The van der Waals surface area contributed by atoms with Gasteiger partial charge in [0.05, 0.1) is 11.5 Å². The van der Waals surface area contributed by atoms with Crippen LogP contribution in [0.3, 0.4) is 0 Å². The van der Waals surface area contributed by atoms with E-state index in [2.05, 4.69) is 4.90 Å². The van der Waals surface area contributed by atoms with Crippen molar-refractivity contribution < 1.29 is 44.5 Å². The second kappa shape index (κ2) is 7.68. The van der Waals surface area contributed by atoms with Crippen molar-refractivity contribution in [1.82, 2.24) is 4.90 Å². The molecule has 3 heterocycles. The summed E-state index contributed by atoms with van der Waals surface area (Å²) in [6.45, 7) is 1.58. The van der Waals surface area contributed by atoms with Gasteiger partial charge in [-0.3, -0.25) is 0 Å². The number of aromatic hydroxyl groups is 1. The number of rotatable bonds is 3. The molecule has 1 aromatic carbocycles. The summed E-state index contributed by atoms with van der Waals surface area (Å²) in [5, 5.41) is 49.8. The fourth-order valence-corrected chi connectivity index (χ4v) is 5.35. The van der Waals surface area contributed by atoms with E-state index in [4.69, 9.17) is 14.2 Å². The fourth-order valence-electron chi connectivity index (χ4n) is 5.35. The van der Waals surface area contributed by atoms with Gasteiger partial charge in [-0.05, 0) is 31.6 Å². The lowest BCUT2D eigenvalue weighted by Crippen LogP contribution is -2.61. The molecule has 10 nitrogen and oxygen atoms in total. The quantitative estimate of drug-likeness (QED) is 0.381. The topological polar surface area (TPSA) is 149 Å². The summed E-state index contributed by atoms with van der Waals surface area (Å²) in [6.07, 6.45) is -4.21. The Hall–Kier alpha value is -2.21. The number of aliphatic hydroxyl groups is 3. The van der Waals surface area contributed by atoms with Gasteiger partial charge in [-0.2, -0.15) is 0 Å². The van der Waals surface area contributed by atoms with Crippen LogP contribution >= 0.6 is 0 Å². The van der Waals surface area contributed by atoms with E-state index in [0.29, 0.717) is 12.2 Å². The standard InChI is InChI=1S/C22H27NO9/c1-23-7-6-22-5-4-11(30-21-17(27)15(25)16(26)19(32-21)20(28)29)8-13(22)31-18-12(24)3-2-10(9-23)14(18)22/h2-5,11,13,15-17,19,21,24-27H,6-9H2,1H3,(H,28,29)/t11-,13-,15-,16-,17+,19-,21+,22-/m0/s1. The number of aliphatic hydroxyl groups excluding tert-OH is 3. The second-order valence-electron chi connectivity index (χ2n) is 9.09. The van der Waals surface area contributed by atoms with E-state index in [0.717, 1.165) is 30.6 Å². The third-order valence-corrected chi connectivity index (χ3v) is 7.05. The smallest absolute Gasteiger partial charge is 0.335 e. The molecule has 0 amide bonds. The molecule has 1 fully saturated rings. The van der Waals surface area contributed by atoms with Crippen LogP contribution in [0, 0.1) is 0 Å². The zero-order chi connectivity index (χ0) is 22.8. The summed E-state index contributed by atoms with van der Waals surface area (Å²) in [6, 6.07) is 3.56. The molecule has 1 aliphatic carbocycles. The van der Waals surface area contributed by atoms with E-state index in [1.165, 1.54) is 0 Å². The number of hydrogen-bond acceptors (Lipinski definition) is 9. The first-order valence-corrected chi connectivity index (χ1v) is 10.7. The Morgan fingerprint density at radius 3 is 2.75 bits per heavy atom. The molecule has 0 unspecified atom stereocenters. The lowest BCUT2D eigenvalue weighted by Gasteiger charge is -2.42. The number of phenolic OH excluding ortho intramolecular Hbond substituents is 1. The van der Waals surface area contributed by atoms with Gasteiger partial charge in [0.15, 0.2) is 23.9 Å². The molecule has 1 aromatic rings. The molecule has 10 heteroatoms. The maximum absolute atomic E-state index is 11.3. The molecule has 4 aliphatic rings. The Bertz CT molecular complexity index is 952. The minimum atomic E-state index is -1.77. The molecule has 0 aromatic heterocycles. The van der Waals surface area contributed by atoms with Gasteiger partial charge >= 0.3 is 5.97 Å². The van der Waals surface area contributed by atoms with E-state index in [-0.39, 0.29) is 11.9 Å². The summed E-state index contributed by atoms with van der Waals surface area (Å²) in [7, 11) is 2.05. The first-order chi connectivity index (χ1) is 15.2. The molecular formula is C22H27NO9. The molecule has 0 radical (unpaired) electrons. The van der Waals surface area contributed by atoms with E-state index >= 15 is 0 Å². The van der Waals surface area contributed by atoms with E-state index in [9.17, 15) is 30.3 Å². The van der Waals surface area contributed by atoms with Gasteiger partial charge in [0.25, 0.3) is 0 Å². The number of aliphatic carboxylic acids is 1. The van der Waals surface area contributed by atoms with E-state index in [1.807, 2.05) is 25.3 Å². The van der Waals surface area contributed by atoms with Crippen molar-refractivity contribution in [3.8, 4) is 11.5 Å². The van der Waals surface area contributed by atoms with Crippen molar-refractivity contribution in [1.29, 1.82) is 0 Å². The number of nitrogens with zero attached hydrogens (tertiary/aromatic N) is 1. The molecule has 5 N–H and O–H groups in total. The van der Waals surface area contributed by atoms with Gasteiger partial charge in [0.1, 0.15) is 24.4 Å². The average molecular weight is 449 g/mol. The Morgan fingerprint density at radius 2 is 2.00 bits per heavy atom. The summed E-state index contributed by atoms with van der Waals surface area (Å²) < 4.78 is 17.3. The molecule has 5 rings (SSSR count). The molecule has 0 bridgehead atoms. The fraction of sp³-hybridized carbons (Fsp3) is 0.591. The number of ether oxygens (including phenoxy) is 3. The Labute approximate surface area is 184 Å². The zero-order valence-electron chi connectivity index (χ0n) is 17.5. The minimum Gasteiger partial charge on any atom is -0.504 e. The van der Waals surface area contributed by atoms with Crippen molar-refractivity contribution in [3.63, 3.8) is 0 Å². The maximum Gasteiger partial charge on any atom is 0.335 e. The van der Waals surface area contributed by atoms with Gasteiger partial charge in [0, 0.05) is 18.5 Å². The third-order valence-electron chi connectivity index (χ3n) is 7.05. The van der Waals surface area contributed by atoms with Crippen molar-refractivity contribution in [2.24, 2.45) is 0 Å². The molecule has 8 atom stereocenters. The molecule has 32 heavy (non-hydrogen) atoms.